The maximum absolute atomic E-state index is 13.9. The van der Waals surface area contributed by atoms with Crippen molar-refractivity contribution in [2.24, 2.45) is 0 Å². The number of carboxylic acid groups (broad SMARTS) is 1. The Morgan fingerprint density at radius 3 is 2.65 bits per heavy atom. The Hall–Kier alpha value is -2.90. The number of hydrogen-bond acceptors (Lipinski definition) is 3. The third-order valence-corrected chi connectivity index (χ3v) is 6.80. The summed E-state index contributed by atoms with van der Waals surface area (Å²) in [5, 5.41) is 9.44. The molecule has 1 unspecified atom stereocenters. The maximum Gasteiger partial charge on any atom is 0.323 e. The van der Waals surface area contributed by atoms with Gasteiger partial charge in [-0.3, -0.25) is 9.59 Å². The van der Waals surface area contributed by atoms with Crippen LogP contribution >= 0.6 is 27.5 Å². The van der Waals surface area contributed by atoms with Crippen LogP contribution in [-0.4, -0.2) is 34.0 Å². The van der Waals surface area contributed by atoms with Gasteiger partial charge in [0.05, 0.1) is 5.02 Å². The normalized spacial score (nSPS) is 16.6. The van der Waals surface area contributed by atoms with Crippen LogP contribution in [-0.2, 0) is 24.2 Å². The van der Waals surface area contributed by atoms with Gasteiger partial charge in [0.2, 0.25) is 0 Å². The van der Waals surface area contributed by atoms with Gasteiger partial charge in [-0.15, -0.1) is 0 Å². The zero-order valence-corrected chi connectivity index (χ0v) is 20.7. The third-order valence-electron chi connectivity index (χ3n) is 5.72. The number of carboxylic acids is 1. The van der Waals surface area contributed by atoms with Crippen LogP contribution in [0.2, 0.25) is 5.02 Å². The van der Waals surface area contributed by atoms with Gasteiger partial charge in [-0.2, -0.15) is 0 Å². The number of carbonyl (C=O) groups is 2. The van der Waals surface area contributed by atoms with E-state index in [0.717, 1.165) is 21.2 Å². The van der Waals surface area contributed by atoms with Crippen LogP contribution in [0.25, 0.3) is 0 Å². The monoisotopic (exact) mass is 545 g/mol. The van der Waals surface area contributed by atoms with Crippen molar-refractivity contribution in [3.05, 3.63) is 98.2 Å². The standard InChI is InChI=1S/C26H22BrClFNO4/c1-26(12-16-6-8-21(28)22(29)10-16)13-19-11-17(7-9-23(19)34-26)25(33)30(15-24(31)32)14-18-4-2-3-5-20(18)27/h2-11H,12-15H2,1H3,(H,31,32). The summed E-state index contributed by atoms with van der Waals surface area (Å²) in [6.07, 6.45) is 0.989. The van der Waals surface area contributed by atoms with Gasteiger partial charge in [0, 0.05) is 29.4 Å². The SMILES string of the molecule is CC1(Cc2ccc(Cl)c(F)c2)Cc2cc(C(=O)N(CC(=O)O)Cc3ccccc3Br)ccc2O1. The van der Waals surface area contributed by atoms with Gasteiger partial charge >= 0.3 is 5.97 Å². The van der Waals surface area contributed by atoms with Crippen LogP contribution in [0, 0.1) is 5.82 Å². The predicted molar refractivity (Wildman–Crippen MR) is 131 cm³/mol. The molecule has 0 fully saturated rings. The number of nitrogens with zero attached hydrogens (tertiary/aromatic N) is 1. The lowest BCUT2D eigenvalue weighted by Crippen LogP contribution is -2.35. The van der Waals surface area contributed by atoms with Crippen LogP contribution in [0.5, 0.6) is 5.75 Å². The van der Waals surface area contributed by atoms with Crippen LogP contribution in [0.3, 0.4) is 0 Å². The Morgan fingerprint density at radius 1 is 1.18 bits per heavy atom. The molecule has 0 saturated heterocycles. The molecule has 1 aliphatic rings. The second-order valence-electron chi connectivity index (χ2n) is 8.62. The van der Waals surface area contributed by atoms with Crippen molar-refractivity contribution in [3.8, 4) is 5.75 Å². The van der Waals surface area contributed by atoms with E-state index >= 15 is 0 Å². The molecule has 176 valence electrons. The number of carbonyl (C=O) groups excluding carboxylic acids is 1. The Morgan fingerprint density at radius 2 is 1.94 bits per heavy atom. The minimum Gasteiger partial charge on any atom is -0.487 e. The van der Waals surface area contributed by atoms with Crippen molar-refractivity contribution in [2.45, 2.75) is 31.9 Å². The quantitative estimate of drug-likeness (QED) is 0.400. The largest absolute Gasteiger partial charge is 0.487 e. The average Bonchev–Trinajstić information content (AvgIpc) is 3.11. The fraction of sp³-hybridized carbons (Fsp3) is 0.231. The Balaban J connectivity index is 1.54. The second-order valence-corrected chi connectivity index (χ2v) is 9.88. The number of aliphatic carboxylic acids is 1. The minimum atomic E-state index is -1.09. The Kier molecular flexibility index (Phi) is 6.96. The lowest BCUT2D eigenvalue weighted by atomic mass is 9.91. The Labute approximate surface area is 210 Å². The minimum absolute atomic E-state index is 0.0705. The van der Waals surface area contributed by atoms with E-state index in [-0.39, 0.29) is 17.5 Å². The molecule has 4 rings (SSSR count). The molecule has 3 aromatic carbocycles. The first-order valence-electron chi connectivity index (χ1n) is 10.6. The molecule has 0 saturated carbocycles. The zero-order valence-electron chi connectivity index (χ0n) is 18.4. The molecular weight excluding hydrogens is 525 g/mol. The van der Waals surface area contributed by atoms with E-state index in [1.807, 2.05) is 31.2 Å². The Bertz CT molecular complexity index is 1270. The first kappa shape index (κ1) is 24.2. The molecule has 3 aromatic rings. The van der Waals surface area contributed by atoms with Crippen molar-refractivity contribution < 1.29 is 23.8 Å². The van der Waals surface area contributed by atoms with Crippen molar-refractivity contribution in [2.75, 3.05) is 6.54 Å². The highest BCUT2D eigenvalue weighted by atomic mass is 79.9. The first-order valence-corrected chi connectivity index (χ1v) is 11.8. The van der Waals surface area contributed by atoms with Crippen LogP contribution in [0.4, 0.5) is 4.39 Å². The smallest absolute Gasteiger partial charge is 0.323 e. The molecule has 1 amide bonds. The summed E-state index contributed by atoms with van der Waals surface area (Å²) >= 11 is 9.24. The van der Waals surface area contributed by atoms with E-state index in [0.29, 0.717) is 24.2 Å². The molecule has 0 radical (unpaired) electrons. The molecular formula is C26H22BrClFNO4. The summed E-state index contributed by atoms with van der Waals surface area (Å²) in [6, 6.07) is 17.2. The van der Waals surface area contributed by atoms with Gasteiger partial charge in [-0.05, 0) is 60.0 Å². The molecule has 8 heteroatoms. The van der Waals surface area contributed by atoms with Gasteiger partial charge in [0.25, 0.3) is 5.91 Å². The number of fused-ring (bicyclic) bond motifs is 1. The van der Waals surface area contributed by atoms with Crippen LogP contribution < -0.4 is 4.74 Å². The molecule has 0 bridgehead atoms. The van der Waals surface area contributed by atoms with E-state index in [2.05, 4.69) is 15.9 Å². The summed E-state index contributed by atoms with van der Waals surface area (Å²) in [6.45, 7) is 1.66. The third kappa shape index (κ3) is 5.42. The number of ether oxygens (including phenoxy) is 1. The summed E-state index contributed by atoms with van der Waals surface area (Å²) in [7, 11) is 0. The summed E-state index contributed by atoms with van der Waals surface area (Å²) < 4.78 is 20.8. The van der Waals surface area contributed by atoms with Gasteiger partial charge in [0.15, 0.2) is 0 Å². The van der Waals surface area contributed by atoms with Crippen LogP contribution in [0.15, 0.2) is 65.1 Å². The molecule has 0 aromatic heterocycles. The molecule has 0 spiro atoms. The molecule has 1 aliphatic heterocycles. The highest BCUT2D eigenvalue weighted by Gasteiger charge is 2.36. The number of rotatable bonds is 7. The van der Waals surface area contributed by atoms with E-state index in [1.54, 1.807) is 24.3 Å². The lowest BCUT2D eigenvalue weighted by molar-refractivity contribution is -0.137. The number of hydrogen-bond donors (Lipinski definition) is 1. The van der Waals surface area contributed by atoms with Gasteiger partial charge in [-0.1, -0.05) is 51.8 Å². The van der Waals surface area contributed by atoms with Crippen molar-refractivity contribution in [3.63, 3.8) is 0 Å². The molecule has 34 heavy (non-hydrogen) atoms. The van der Waals surface area contributed by atoms with Crippen LogP contribution in [0.1, 0.15) is 34.0 Å². The predicted octanol–water partition coefficient (Wildman–Crippen LogP) is 5.90. The highest BCUT2D eigenvalue weighted by Crippen LogP contribution is 2.38. The van der Waals surface area contributed by atoms with E-state index in [9.17, 15) is 19.1 Å². The topological polar surface area (TPSA) is 66.8 Å². The molecule has 1 heterocycles. The molecule has 0 aliphatic carbocycles. The molecule has 1 N–H and O–H groups in total. The number of halogens is 3. The summed E-state index contributed by atoms with van der Waals surface area (Å²) in [5.74, 6) is -1.29. The number of benzene rings is 3. The van der Waals surface area contributed by atoms with Crippen molar-refractivity contribution >= 4 is 39.4 Å². The zero-order chi connectivity index (χ0) is 24.5. The fourth-order valence-corrected chi connectivity index (χ4v) is 4.74. The van der Waals surface area contributed by atoms with Gasteiger partial charge in [-0.25, -0.2) is 4.39 Å². The average molecular weight is 547 g/mol. The first-order chi connectivity index (χ1) is 16.1. The lowest BCUT2D eigenvalue weighted by Gasteiger charge is -2.24. The fourth-order valence-electron chi connectivity index (χ4n) is 4.21. The molecule has 1 atom stereocenters. The number of amides is 1. The summed E-state index contributed by atoms with van der Waals surface area (Å²) in [5.41, 5.74) is 2.19. The highest BCUT2D eigenvalue weighted by molar-refractivity contribution is 9.10. The van der Waals surface area contributed by atoms with E-state index < -0.39 is 23.9 Å². The van der Waals surface area contributed by atoms with E-state index in [1.165, 1.54) is 17.0 Å². The second kappa shape index (κ2) is 9.76. The maximum atomic E-state index is 13.9. The van der Waals surface area contributed by atoms with Crippen molar-refractivity contribution in [1.82, 2.24) is 4.90 Å². The van der Waals surface area contributed by atoms with Crippen molar-refractivity contribution in [1.29, 1.82) is 0 Å². The summed E-state index contributed by atoms with van der Waals surface area (Å²) in [4.78, 5) is 26.0. The van der Waals surface area contributed by atoms with Gasteiger partial charge in [0.1, 0.15) is 23.7 Å². The molecule has 5 nitrogen and oxygen atoms in total. The van der Waals surface area contributed by atoms with E-state index in [4.69, 9.17) is 16.3 Å². The van der Waals surface area contributed by atoms with Gasteiger partial charge < -0.3 is 14.7 Å².